The number of methoxy groups -OCH3 is 1. The molecule has 1 saturated heterocycles. The first-order valence-electron chi connectivity index (χ1n) is 9.11. The van der Waals surface area contributed by atoms with E-state index in [2.05, 4.69) is 17.4 Å². The lowest BCUT2D eigenvalue weighted by Gasteiger charge is -2.32. The van der Waals surface area contributed by atoms with Crippen LogP contribution in [0.1, 0.15) is 39.7 Å². The Kier molecular flexibility index (Phi) is 6.85. The molecular weight excluding hydrogens is 331 g/mol. The minimum absolute atomic E-state index is 0.167. The molecule has 0 aliphatic carbocycles. The largest absolute Gasteiger partial charge is 0.481 e. The highest BCUT2D eigenvalue weighted by Gasteiger charge is 2.54. The van der Waals surface area contributed by atoms with Crippen LogP contribution in [0.2, 0.25) is 0 Å². The molecule has 1 fully saturated rings. The summed E-state index contributed by atoms with van der Waals surface area (Å²) < 4.78 is 17.3. The molecule has 26 heavy (non-hydrogen) atoms. The zero-order chi connectivity index (χ0) is 19.4. The average Bonchev–Trinajstić information content (AvgIpc) is 2.80. The second-order valence-electron chi connectivity index (χ2n) is 7.83. The maximum Gasteiger partial charge on any atom is 0.481 e. The summed E-state index contributed by atoms with van der Waals surface area (Å²) in [5.41, 5.74) is 6.16. The van der Waals surface area contributed by atoms with Crippen molar-refractivity contribution in [1.82, 2.24) is 5.32 Å². The van der Waals surface area contributed by atoms with E-state index in [9.17, 15) is 4.79 Å². The van der Waals surface area contributed by atoms with E-state index in [1.165, 1.54) is 12.7 Å². The van der Waals surface area contributed by atoms with Gasteiger partial charge in [0, 0.05) is 7.11 Å². The van der Waals surface area contributed by atoms with Gasteiger partial charge < -0.3 is 25.1 Å². The normalized spacial score (nSPS) is 20.6. The Morgan fingerprint density at radius 1 is 1.19 bits per heavy atom. The van der Waals surface area contributed by atoms with Crippen molar-refractivity contribution in [3.05, 3.63) is 35.9 Å². The molecule has 2 atom stereocenters. The number of aryl methyl sites for hydroxylation is 1. The first-order chi connectivity index (χ1) is 12.2. The molecule has 144 valence electrons. The van der Waals surface area contributed by atoms with E-state index in [0.29, 0.717) is 6.42 Å². The van der Waals surface area contributed by atoms with Gasteiger partial charge in [0.25, 0.3) is 0 Å². The zero-order valence-corrected chi connectivity index (χ0v) is 16.5. The minimum Gasteiger partial charge on any atom is -0.402 e. The summed E-state index contributed by atoms with van der Waals surface area (Å²) in [5.74, 6) is -0.564. The molecule has 0 spiro atoms. The molecule has 1 aromatic rings. The maximum atomic E-state index is 12.4. The van der Waals surface area contributed by atoms with Crippen LogP contribution >= 0.6 is 0 Å². The van der Waals surface area contributed by atoms with Crippen molar-refractivity contribution >= 4 is 13.0 Å². The summed E-state index contributed by atoms with van der Waals surface area (Å²) in [6.45, 7) is 8.17. The number of hydrogen-bond donors (Lipinski definition) is 2. The molecule has 7 heteroatoms. The topological polar surface area (TPSA) is 82.8 Å². The van der Waals surface area contributed by atoms with Crippen molar-refractivity contribution in [3.63, 3.8) is 0 Å². The van der Waals surface area contributed by atoms with Crippen LogP contribution in [0.25, 0.3) is 0 Å². The molecule has 2 unspecified atom stereocenters. The molecule has 0 saturated carbocycles. The molecule has 1 heterocycles. The third-order valence-electron chi connectivity index (χ3n) is 5.20. The molecule has 6 nitrogen and oxygen atoms in total. The molecule has 0 radical (unpaired) electrons. The minimum atomic E-state index is -0.721. The van der Waals surface area contributed by atoms with E-state index in [-0.39, 0.29) is 18.5 Å². The van der Waals surface area contributed by atoms with Crippen molar-refractivity contribution in [3.8, 4) is 0 Å². The summed E-state index contributed by atoms with van der Waals surface area (Å²) in [6, 6.07) is 9.42. The molecule has 1 aliphatic rings. The summed E-state index contributed by atoms with van der Waals surface area (Å²) in [7, 11) is 0.997. The van der Waals surface area contributed by atoms with Gasteiger partial charge in [-0.3, -0.25) is 4.79 Å². The lowest BCUT2D eigenvalue weighted by Crippen LogP contribution is -2.53. The average molecular weight is 362 g/mol. The number of nitrogens with two attached hydrogens (primary N) is 1. The smallest absolute Gasteiger partial charge is 0.402 e. The van der Waals surface area contributed by atoms with Gasteiger partial charge in [-0.05, 0) is 46.1 Å². The van der Waals surface area contributed by atoms with Gasteiger partial charge in [-0.2, -0.15) is 0 Å². The van der Waals surface area contributed by atoms with E-state index >= 15 is 0 Å². The van der Waals surface area contributed by atoms with Crippen LogP contribution in [0.5, 0.6) is 0 Å². The van der Waals surface area contributed by atoms with Gasteiger partial charge in [0.1, 0.15) is 6.04 Å². The summed E-state index contributed by atoms with van der Waals surface area (Å²) >= 11 is 0. The van der Waals surface area contributed by atoms with Gasteiger partial charge in [-0.25, -0.2) is 0 Å². The first-order valence-corrected chi connectivity index (χ1v) is 9.11. The fourth-order valence-corrected chi connectivity index (χ4v) is 2.84. The Hall–Kier alpha value is -1.41. The molecule has 1 aliphatic heterocycles. The van der Waals surface area contributed by atoms with Crippen LogP contribution in [0.3, 0.4) is 0 Å². The predicted octanol–water partition coefficient (Wildman–Crippen LogP) is 1.71. The summed E-state index contributed by atoms with van der Waals surface area (Å²) in [4.78, 5) is 12.4. The number of benzene rings is 1. The molecule has 2 rings (SSSR count). The van der Waals surface area contributed by atoms with E-state index in [0.717, 1.165) is 6.42 Å². The monoisotopic (exact) mass is 362 g/mol. The van der Waals surface area contributed by atoms with E-state index in [1.807, 2.05) is 45.9 Å². The second-order valence-corrected chi connectivity index (χ2v) is 7.83. The number of nitrogens with one attached hydrogen (secondary N) is 1. The first kappa shape index (κ1) is 20.9. The van der Waals surface area contributed by atoms with Crippen LogP contribution in [0, 0.1) is 0 Å². The molecule has 1 aromatic carbocycles. The second kappa shape index (κ2) is 8.52. The van der Waals surface area contributed by atoms with Crippen molar-refractivity contribution in [2.24, 2.45) is 5.73 Å². The lowest BCUT2D eigenvalue weighted by molar-refractivity contribution is -0.123. The van der Waals surface area contributed by atoms with Crippen LogP contribution in [-0.2, 0) is 25.3 Å². The predicted molar refractivity (Wildman–Crippen MR) is 103 cm³/mol. The zero-order valence-electron chi connectivity index (χ0n) is 16.5. The summed E-state index contributed by atoms with van der Waals surface area (Å²) in [5, 5.41) is 3.00. The number of rotatable bonds is 8. The van der Waals surface area contributed by atoms with Gasteiger partial charge in [0.2, 0.25) is 5.91 Å². The van der Waals surface area contributed by atoms with Crippen molar-refractivity contribution < 1.29 is 18.8 Å². The molecular formula is C19H31BN2O4. The highest BCUT2D eigenvalue weighted by Crippen LogP contribution is 2.38. The number of carbonyl (C=O) groups is 1. The molecule has 0 bridgehead atoms. The standard InChI is InChI=1S/C19H31BN2O4/c1-18(2)19(3,4)26-20(25-18)16(22-17(23)15(21)13-24-5)12-11-14-9-7-6-8-10-14/h6-10,15-16H,11-13,21H2,1-5H3,(H,22,23). The Labute approximate surface area is 156 Å². The van der Waals surface area contributed by atoms with Crippen molar-refractivity contribution in [2.45, 2.75) is 63.7 Å². The van der Waals surface area contributed by atoms with Gasteiger partial charge in [0.15, 0.2) is 0 Å². The van der Waals surface area contributed by atoms with Gasteiger partial charge in [0.05, 0.1) is 23.8 Å². The number of amides is 1. The number of ether oxygens (including phenoxy) is 1. The van der Waals surface area contributed by atoms with E-state index < -0.39 is 24.4 Å². The van der Waals surface area contributed by atoms with E-state index in [1.54, 1.807) is 0 Å². The third kappa shape index (κ3) is 5.07. The van der Waals surface area contributed by atoms with Crippen LogP contribution in [0.15, 0.2) is 30.3 Å². The molecule has 3 N–H and O–H groups in total. The van der Waals surface area contributed by atoms with Gasteiger partial charge in [-0.1, -0.05) is 30.3 Å². The van der Waals surface area contributed by atoms with Gasteiger partial charge >= 0.3 is 7.12 Å². The van der Waals surface area contributed by atoms with Crippen LogP contribution < -0.4 is 11.1 Å². The Morgan fingerprint density at radius 2 is 1.77 bits per heavy atom. The van der Waals surface area contributed by atoms with Crippen molar-refractivity contribution in [1.29, 1.82) is 0 Å². The molecule has 1 amide bonds. The SMILES string of the molecule is COCC(N)C(=O)NC(CCc1ccccc1)B1OC(C)(C)C(C)(C)O1. The van der Waals surface area contributed by atoms with E-state index in [4.69, 9.17) is 19.8 Å². The third-order valence-corrected chi connectivity index (χ3v) is 5.20. The summed E-state index contributed by atoms with van der Waals surface area (Å²) in [6.07, 6.45) is 1.49. The number of carbonyl (C=O) groups excluding carboxylic acids is 1. The quantitative estimate of drug-likeness (QED) is 0.688. The van der Waals surface area contributed by atoms with Crippen molar-refractivity contribution in [2.75, 3.05) is 13.7 Å². The Bertz CT molecular complexity index is 578. The number of hydrogen-bond acceptors (Lipinski definition) is 5. The van der Waals surface area contributed by atoms with Crippen LogP contribution in [-0.4, -0.2) is 49.9 Å². The highest BCUT2D eigenvalue weighted by atomic mass is 16.7. The lowest BCUT2D eigenvalue weighted by atomic mass is 9.75. The van der Waals surface area contributed by atoms with Crippen LogP contribution in [0.4, 0.5) is 0 Å². The molecule has 0 aromatic heterocycles. The highest BCUT2D eigenvalue weighted by molar-refractivity contribution is 6.48. The fourth-order valence-electron chi connectivity index (χ4n) is 2.84. The van der Waals surface area contributed by atoms with Gasteiger partial charge in [-0.15, -0.1) is 0 Å². The maximum absolute atomic E-state index is 12.4. The fraction of sp³-hybridized carbons (Fsp3) is 0.632. The Morgan fingerprint density at radius 3 is 2.31 bits per heavy atom. The Balaban J connectivity index is 2.09.